The van der Waals surface area contributed by atoms with Crippen LogP contribution in [-0.2, 0) is 0 Å². The molecule has 2 fully saturated rings. The summed E-state index contributed by atoms with van der Waals surface area (Å²) in [6.45, 7) is 2.72. The van der Waals surface area contributed by atoms with E-state index in [4.69, 9.17) is 0 Å². The molecule has 0 aromatic heterocycles. The number of nitrogens with one attached hydrogen (secondary N) is 2. The molecular formula is C21H22F3N3O2. The lowest BCUT2D eigenvalue weighted by Crippen LogP contribution is -2.70. The summed E-state index contributed by atoms with van der Waals surface area (Å²) in [5.41, 5.74) is -0.965. The molecule has 1 amide bonds. The summed E-state index contributed by atoms with van der Waals surface area (Å²) in [7, 11) is 0. The first-order valence-electron chi connectivity index (χ1n) is 9.55. The third kappa shape index (κ3) is 3.58. The molecule has 0 spiro atoms. The molecule has 0 bridgehead atoms. The van der Waals surface area contributed by atoms with Gasteiger partial charge < -0.3 is 20.6 Å². The number of aryl methyl sites for hydroxylation is 1. The van der Waals surface area contributed by atoms with Crippen LogP contribution in [0.3, 0.4) is 0 Å². The number of likely N-dealkylation sites (tertiary alicyclic amines) is 1. The third-order valence-electron chi connectivity index (χ3n) is 5.63. The van der Waals surface area contributed by atoms with Crippen LogP contribution in [0.5, 0.6) is 0 Å². The molecule has 4 rings (SSSR count). The Hall–Kier alpha value is -2.58. The van der Waals surface area contributed by atoms with Crippen molar-refractivity contribution in [2.75, 3.05) is 25.0 Å². The number of hydrogen-bond donors (Lipinski definition) is 3. The van der Waals surface area contributed by atoms with Gasteiger partial charge in [0.1, 0.15) is 11.4 Å². The molecule has 0 radical (unpaired) electrons. The normalized spacial score (nSPS) is 20.4. The van der Waals surface area contributed by atoms with Gasteiger partial charge in [0.05, 0.1) is 30.0 Å². The fourth-order valence-corrected chi connectivity index (χ4v) is 4.00. The molecule has 1 atom stereocenters. The summed E-state index contributed by atoms with van der Waals surface area (Å²) < 4.78 is 42.5. The van der Waals surface area contributed by atoms with Crippen LogP contribution in [0.15, 0.2) is 30.3 Å². The number of aliphatic hydroxyl groups is 1. The van der Waals surface area contributed by atoms with Gasteiger partial charge in [0.25, 0.3) is 5.91 Å². The Morgan fingerprint density at radius 1 is 1.21 bits per heavy atom. The van der Waals surface area contributed by atoms with E-state index in [0.29, 0.717) is 5.56 Å². The highest BCUT2D eigenvalue weighted by molar-refractivity contribution is 6.01. The van der Waals surface area contributed by atoms with Gasteiger partial charge >= 0.3 is 0 Å². The monoisotopic (exact) mass is 405 g/mol. The molecule has 8 heteroatoms. The average molecular weight is 405 g/mol. The van der Waals surface area contributed by atoms with Crippen molar-refractivity contribution in [3.05, 3.63) is 58.9 Å². The summed E-state index contributed by atoms with van der Waals surface area (Å²) in [4.78, 5) is 14.3. The smallest absolute Gasteiger partial charge is 0.256 e. The number of carbonyl (C=O) groups excluding carboxylic acids is 1. The molecular weight excluding hydrogens is 383 g/mol. The summed E-state index contributed by atoms with van der Waals surface area (Å²) in [5.74, 6) is -3.60. The molecule has 2 aromatic carbocycles. The molecule has 0 saturated carbocycles. The minimum absolute atomic E-state index is 0.0654. The SMILES string of the molecule is Cc1ccc(Nc2c(C(=O)N3CC(O)([C@@H]4CCCN4)C3)ccc(F)c2F)c(F)c1. The minimum atomic E-state index is -1.26. The Morgan fingerprint density at radius 2 is 1.97 bits per heavy atom. The lowest BCUT2D eigenvalue weighted by Gasteiger charge is -2.49. The van der Waals surface area contributed by atoms with Gasteiger partial charge in [0.15, 0.2) is 11.6 Å². The van der Waals surface area contributed by atoms with Crippen molar-refractivity contribution >= 4 is 17.3 Å². The highest BCUT2D eigenvalue weighted by Gasteiger charge is 2.50. The van der Waals surface area contributed by atoms with Gasteiger partial charge in [-0.1, -0.05) is 6.07 Å². The lowest BCUT2D eigenvalue weighted by molar-refractivity contribution is -0.100. The van der Waals surface area contributed by atoms with Crippen LogP contribution in [0.2, 0.25) is 0 Å². The van der Waals surface area contributed by atoms with E-state index in [1.54, 1.807) is 13.0 Å². The van der Waals surface area contributed by atoms with Crippen molar-refractivity contribution in [2.45, 2.75) is 31.4 Å². The Kier molecular flexibility index (Phi) is 5.00. The van der Waals surface area contributed by atoms with E-state index in [1.165, 1.54) is 23.1 Å². The topological polar surface area (TPSA) is 64.6 Å². The molecule has 2 aliphatic rings. The maximum Gasteiger partial charge on any atom is 0.256 e. The predicted molar refractivity (Wildman–Crippen MR) is 103 cm³/mol. The summed E-state index contributed by atoms with van der Waals surface area (Å²) in [5, 5.41) is 16.4. The van der Waals surface area contributed by atoms with Gasteiger partial charge in [0.2, 0.25) is 0 Å². The second kappa shape index (κ2) is 7.35. The fraction of sp³-hybridized carbons (Fsp3) is 0.381. The maximum atomic E-state index is 14.5. The van der Waals surface area contributed by atoms with Crippen LogP contribution in [0.25, 0.3) is 0 Å². The summed E-state index contributed by atoms with van der Waals surface area (Å²) in [6.07, 6.45) is 1.78. The number of halogens is 3. The molecule has 0 unspecified atom stereocenters. The predicted octanol–water partition coefficient (Wildman–Crippen LogP) is 3.09. The molecule has 5 nitrogen and oxygen atoms in total. The number of anilines is 2. The molecule has 3 N–H and O–H groups in total. The number of amides is 1. The van der Waals surface area contributed by atoms with Crippen LogP contribution in [-0.4, -0.2) is 47.2 Å². The number of β-amino-alcohol motifs (C(OH)–C–C–N with tert-alkyl or cyclic N) is 1. The van der Waals surface area contributed by atoms with Gasteiger partial charge in [0, 0.05) is 6.04 Å². The molecule has 2 saturated heterocycles. The van der Waals surface area contributed by atoms with Gasteiger partial charge in [-0.05, 0) is 56.1 Å². The zero-order valence-electron chi connectivity index (χ0n) is 15.9. The second-order valence-corrected chi connectivity index (χ2v) is 7.81. The Labute approximate surface area is 166 Å². The van der Waals surface area contributed by atoms with Gasteiger partial charge in [-0.25, -0.2) is 13.2 Å². The lowest BCUT2D eigenvalue weighted by atomic mass is 9.84. The van der Waals surface area contributed by atoms with Crippen molar-refractivity contribution in [3.63, 3.8) is 0 Å². The molecule has 154 valence electrons. The molecule has 2 heterocycles. The highest BCUT2D eigenvalue weighted by Crippen LogP contribution is 2.34. The molecule has 0 aliphatic carbocycles. The number of carbonyl (C=O) groups is 1. The van der Waals surface area contributed by atoms with E-state index in [0.717, 1.165) is 25.5 Å². The average Bonchev–Trinajstić information content (AvgIpc) is 3.19. The Morgan fingerprint density at radius 3 is 2.62 bits per heavy atom. The van der Waals surface area contributed by atoms with Crippen molar-refractivity contribution < 1.29 is 23.1 Å². The van der Waals surface area contributed by atoms with Crippen LogP contribution in [0.1, 0.15) is 28.8 Å². The van der Waals surface area contributed by atoms with Crippen LogP contribution in [0.4, 0.5) is 24.5 Å². The highest BCUT2D eigenvalue weighted by atomic mass is 19.2. The van der Waals surface area contributed by atoms with E-state index in [2.05, 4.69) is 10.6 Å². The summed E-state index contributed by atoms with van der Waals surface area (Å²) >= 11 is 0. The summed E-state index contributed by atoms with van der Waals surface area (Å²) in [6, 6.07) is 6.22. The van der Waals surface area contributed by atoms with E-state index < -0.39 is 34.6 Å². The van der Waals surface area contributed by atoms with Crippen LogP contribution in [0, 0.1) is 24.4 Å². The van der Waals surface area contributed by atoms with E-state index in [1.807, 2.05) is 0 Å². The van der Waals surface area contributed by atoms with Gasteiger partial charge in [-0.3, -0.25) is 4.79 Å². The van der Waals surface area contributed by atoms with Crippen LogP contribution >= 0.6 is 0 Å². The standard InChI is InChI=1S/C21H22F3N3O2/c1-12-4-7-16(15(23)9-12)26-19-13(5-6-14(22)18(19)24)20(28)27-10-21(29,11-27)17-3-2-8-25-17/h4-7,9,17,25-26,29H,2-3,8,10-11H2,1H3/t17-/m0/s1. The largest absolute Gasteiger partial charge is 0.385 e. The molecule has 29 heavy (non-hydrogen) atoms. The van der Waals surface area contributed by atoms with Crippen molar-refractivity contribution in [1.29, 1.82) is 0 Å². The first-order valence-corrected chi connectivity index (χ1v) is 9.55. The first kappa shape index (κ1) is 19.7. The molecule has 2 aromatic rings. The van der Waals surface area contributed by atoms with E-state index in [9.17, 15) is 23.1 Å². The Bertz CT molecular complexity index is 954. The third-order valence-corrected chi connectivity index (χ3v) is 5.63. The second-order valence-electron chi connectivity index (χ2n) is 7.81. The number of nitrogens with zero attached hydrogens (tertiary/aromatic N) is 1. The quantitative estimate of drug-likeness (QED) is 0.732. The number of benzene rings is 2. The zero-order valence-corrected chi connectivity index (χ0v) is 15.9. The number of hydrogen-bond acceptors (Lipinski definition) is 4. The first-order chi connectivity index (χ1) is 13.8. The van der Waals surface area contributed by atoms with Crippen molar-refractivity contribution in [2.24, 2.45) is 0 Å². The van der Waals surface area contributed by atoms with Gasteiger partial charge in [-0.15, -0.1) is 0 Å². The molecule has 2 aliphatic heterocycles. The van der Waals surface area contributed by atoms with Gasteiger partial charge in [-0.2, -0.15) is 0 Å². The van der Waals surface area contributed by atoms with E-state index in [-0.39, 0.29) is 30.4 Å². The fourth-order valence-electron chi connectivity index (χ4n) is 4.00. The van der Waals surface area contributed by atoms with Crippen LogP contribution < -0.4 is 10.6 Å². The van der Waals surface area contributed by atoms with Crippen molar-refractivity contribution in [3.8, 4) is 0 Å². The van der Waals surface area contributed by atoms with Crippen molar-refractivity contribution in [1.82, 2.24) is 10.2 Å². The minimum Gasteiger partial charge on any atom is -0.385 e. The Balaban J connectivity index is 1.59. The van der Waals surface area contributed by atoms with E-state index >= 15 is 0 Å². The maximum absolute atomic E-state index is 14.5. The number of rotatable bonds is 4. The zero-order chi connectivity index (χ0) is 20.8.